The Labute approximate surface area is 129 Å². The molecule has 19 heavy (non-hydrogen) atoms. The van der Waals surface area contributed by atoms with Crippen LogP contribution in [0.2, 0.25) is 0 Å². The molecule has 0 bridgehead atoms. The first-order valence-corrected chi connectivity index (χ1v) is 6.30. The highest BCUT2D eigenvalue weighted by molar-refractivity contribution is 5.85. The Bertz CT molecular complexity index is 322. The maximum absolute atomic E-state index is 5.58. The fraction of sp³-hybridized carbons (Fsp3) is 0.571. The minimum Gasteiger partial charge on any atom is -0.494 e. The maximum Gasteiger partial charge on any atom is 0.123 e. The molecule has 0 aromatic heterocycles. The number of hydrogen-bond acceptors (Lipinski definition) is 3. The van der Waals surface area contributed by atoms with Crippen LogP contribution in [0.1, 0.15) is 18.9 Å². The summed E-state index contributed by atoms with van der Waals surface area (Å²) in [5, 5.41) is 3.45. The highest BCUT2D eigenvalue weighted by Gasteiger charge is 2.01. The second-order valence-corrected chi connectivity index (χ2v) is 4.37. The third kappa shape index (κ3) is 9.11. The Morgan fingerprint density at radius 2 is 1.84 bits per heavy atom. The minimum absolute atomic E-state index is 0. The van der Waals surface area contributed by atoms with Crippen LogP contribution < -0.4 is 10.1 Å². The summed E-state index contributed by atoms with van der Waals surface area (Å²) in [6, 6.07) is 8.21. The number of rotatable bonds is 8. The zero-order valence-electron chi connectivity index (χ0n) is 12.0. The lowest BCUT2D eigenvalue weighted by molar-refractivity contribution is 0.335. The number of para-hydroxylation sites is 1. The van der Waals surface area contributed by atoms with Gasteiger partial charge >= 0.3 is 0 Å². The lowest BCUT2D eigenvalue weighted by atomic mass is 10.2. The lowest BCUT2D eigenvalue weighted by Gasteiger charge is -2.12. The van der Waals surface area contributed by atoms with Crippen molar-refractivity contribution in [3.8, 4) is 5.75 Å². The second kappa shape index (κ2) is 12.5. The van der Waals surface area contributed by atoms with E-state index in [0.717, 1.165) is 32.0 Å². The molecule has 0 saturated heterocycles. The quantitative estimate of drug-likeness (QED) is 0.747. The highest BCUT2D eigenvalue weighted by Crippen LogP contribution is 2.17. The van der Waals surface area contributed by atoms with Crippen LogP contribution in [0.15, 0.2) is 24.3 Å². The molecule has 0 aliphatic carbocycles. The van der Waals surface area contributed by atoms with Gasteiger partial charge in [0.1, 0.15) is 5.75 Å². The van der Waals surface area contributed by atoms with Gasteiger partial charge in [0, 0.05) is 12.1 Å². The largest absolute Gasteiger partial charge is 0.494 e. The molecule has 3 nitrogen and oxygen atoms in total. The van der Waals surface area contributed by atoms with Gasteiger partial charge in [-0.15, -0.1) is 24.8 Å². The first kappa shape index (κ1) is 20.8. The normalized spacial score (nSPS) is 9.68. The van der Waals surface area contributed by atoms with E-state index in [4.69, 9.17) is 4.74 Å². The Morgan fingerprint density at radius 1 is 1.16 bits per heavy atom. The summed E-state index contributed by atoms with van der Waals surface area (Å²) >= 11 is 0. The molecule has 0 aliphatic heterocycles. The van der Waals surface area contributed by atoms with Crippen LogP contribution in [0, 0.1) is 0 Å². The van der Waals surface area contributed by atoms with Crippen molar-refractivity contribution in [1.29, 1.82) is 0 Å². The SMILES string of the molecule is CCOc1ccccc1CNCCCN(C)C.Cl.Cl. The zero-order valence-corrected chi connectivity index (χ0v) is 13.6. The summed E-state index contributed by atoms with van der Waals surface area (Å²) in [4.78, 5) is 2.20. The van der Waals surface area contributed by atoms with Gasteiger partial charge in [0.15, 0.2) is 0 Å². The zero-order chi connectivity index (χ0) is 12.5. The molecule has 1 aromatic carbocycles. The molecule has 0 fully saturated rings. The Kier molecular flexibility index (Phi) is 13.8. The first-order chi connectivity index (χ1) is 8.24. The van der Waals surface area contributed by atoms with Gasteiger partial charge in [-0.25, -0.2) is 0 Å². The molecule has 0 aliphatic rings. The van der Waals surface area contributed by atoms with Crippen LogP contribution in [0.3, 0.4) is 0 Å². The lowest BCUT2D eigenvalue weighted by Crippen LogP contribution is -2.21. The Hall–Kier alpha value is -0.480. The van der Waals surface area contributed by atoms with Crippen molar-refractivity contribution in [3.63, 3.8) is 0 Å². The predicted octanol–water partition coefficient (Wildman–Crippen LogP) is 2.97. The maximum atomic E-state index is 5.58. The van der Waals surface area contributed by atoms with E-state index in [0.29, 0.717) is 0 Å². The molecule has 0 spiro atoms. The smallest absolute Gasteiger partial charge is 0.123 e. The van der Waals surface area contributed by atoms with Crippen molar-refractivity contribution in [3.05, 3.63) is 29.8 Å². The summed E-state index contributed by atoms with van der Waals surface area (Å²) in [5.41, 5.74) is 1.24. The van der Waals surface area contributed by atoms with E-state index in [9.17, 15) is 0 Å². The third-order valence-corrected chi connectivity index (χ3v) is 2.55. The number of nitrogens with one attached hydrogen (secondary N) is 1. The van der Waals surface area contributed by atoms with E-state index in [2.05, 4.69) is 36.4 Å². The fourth-order valence-electron chi connectivity index (χ4n) is 1.69. The Morgan fingerprint density at radius 3 is 2.47 bits per heavy atom. The van der Waals surface area contributed by atoms with E-state index in [1.807, 2.05) is 19.1 Å². The number of ether oxygens (including phenoxy) is 1. The van der Waals surface area contributed by atoms with Gasteiger partial charge in [-0.3, -0.25) is 0 Å². The number of hydrogen-bond donors (Lipinski definition) is 1. The van der Waals surface area contributed by atoms with Crippen molar-refractivity contribution in [2.45, 2.75) is 19.9 Å². The number of benzene rings is 1. The predicted molar refractivity (Wildman–Crippen MR) is 87.0 cm³/mol. The summed E-state index contributed by atoms with van der Waals surface area (Å²) in [6.07, 6.45) is 1.17. The van der Waals surface area contributed by atoms with Crippen LogP contribution in [0.5, 0.6) is 5.75 Å². The summed E-state index contributed by atoms with van der Waals surface area (Å²) < 4.78 is 5.58. The molecule has 0 saturated carbocycles. The van der Waals surface area contributed by atoms with Crippen molar-refractivity contribution < 1.29 is 4.74 Å². The average Bonchev–Trinajstić information content (AvgIpc) is 2.31. The van der Waals surface area contributed by atoms with Crippen LogP contribution in [-0.4, -0.2) is 38.7 Å². The molecule has 0 unspecified atom stereocenters. The molecular formula is C14H26Cl2N2O. The Balaban J connectivity index is 0. The van der Waals surface area contributed by atoms with E-state index in [1.54, 1.807) is 0 Å². The summed E-state index contributed by atoms with van der Waals surface area (Å²) in [7, 11) is 4.20. The van der Waals surface area contributed by atoms with Crippen LogP contribution in [0.4, 0.5) is 0 Å². The summed E-state index contributed by atoms with van der Waals surface area (Å²) in [5.74, 6) is 0.995. The van der Waals surface area contributed by atoms with Gasteiger partial charge in [0.05, 0.1) is 6.61 Å². The molecule has 5 heteroatoms. The van der Waals surface area contributed by atoms with Crippen molar-refractivity contribution >= 4 is 24.8 Å². The minimum atomic E-state index is 0. The van der Waals surface area contributed by atoms with Crippen molar-refractivity contribution in [1.82, 2.24) is 10.2 Å². The number of halogens is 2. The standard InChI is InChI=1S/C14H24N2O.2ClH/c1-4-17-14-9-6-5-8-13(14)12-15-10-7-11-16(2)3;;/h5-6,8-9,15H,4,7,10-12H2,1-3H3;2*1H. The van der Waals surface area contributed by atoms with Gasteiger partial charge in [-0.2, -0.15) is 0 Å². The highest BCUT2D eigenvalue weighted by atomic mass is 35.5. The van der Waals surface area contributed by atoms with Crippen molar-refractivity contribution in [2.24, 2.45) is 0 Å². The molecule has 1 aromatic rings. The van der Waals surface area contributed by atoms with Crippen LogP contribution in [0.25, 0.3) is 0 Å². The molecular weight excluding hydrogens is 283 g/mol. The molecule has 112 valence electrons. The monoisotopic (exact) mass is 308 g/mol. The van der Waals surface area contributed by atoms with Crippen molar-refractivity contribution in [2.75, 3.05) is 33.8 Å². The van der Waals surface area contributed by atoms with Crippen LogP contribution >= 0.6 is 24.8 Å². The van der Waals surface area contributed by atoms with E-state index < -0.39 is 0 Å². The van der Waals surface area contributed by atoms with E-state index >= 15 is 0 Å². The molecule has 0 amide bonds. The first-order valence-electron chi connectivity index (χ1n) is 6.30. The number of nitrogens with zero attached hydrogens (tertiary/aromatic N) is 1. The third-order valence-electron chi connectivity index (χ3n) is 2.55. The van der Waals surface area contributed by atoms with Gasteiger partial charge < -0.3 is 15.0 Å². The molecule has 0 radical (unpaired) electrons. The topological polar surface area (TPSA) is 24.5 Å². The van der Waals surface area contributed by atoms with Gasteiger partial charge in [0.2, 0.25) is 0 Å². The molecule has 1 rings (SSSR count). The fourth-order valence-corrected chi connectivity index (χ4v) is 1.69. The van der Waals surface area contributed by atoms with E-state index in [1.165, 1.54) is 12.0 Å². The van der Waals surface area contributed by atoms with Gasteiger partial charge in [-0.1, -0.05) is 18.2 Å². The van der Waals surface area contributed by atoms with E-state index in [-0.39, 0.29) is 24.8 Å². The average molecular weight is 309 g/mol. The molecule has 0 heterocycles. The van der Waals surface area contributed by atoms with Gasteiger partial charge in [-0.05, 0) is 46.6 Å². The summed E-state index contributed by atoms with van der Waals surface area (Å²) in [6.45, 7) is 5.78. The molecule has 1 N–H and O–H groups in total. The molecule has 0 atom stereocenters. The van der Waals surface area contributed by atoms with Gasteiger partial charge in [0.25, 0.3) is 0 Å². The second-order valence-electron chi connectivity index (χ2n) is 4.37. The van der Waals surface area contributed by atoms with Crippen LogP contribution in [-0.2, 0) is 6.54 Å².